The molecule has 4 aromatic carbocycles. The second kappa shape index (κ2) is 8.60. The first kappa shape index (κ1) is 23.0. The van der Waals surface area contributed by atoms with E-state index in [0.29, 0.717) is 24.3 Å². The average Bonchev–Trinajstić information content (AvgIpc) is 3.78. The molecule has 0 aromatic heterocycles. The smallest absolute Gasteiger partial charge is 0.238 e. The van der Waals surface area contributed by atoms with Crippen molar-refractivity contribution < 1.29 is 26.7 Å². The average molecular weight is 506 g/mol. The van der Waals surface area contributed by atoms with Gasteiger partial charge in [0.15, 0.2) is 0 Å². The van der Waals surface area contributed by atoms with Gasteiger partial charge >= 0.3 is 0 Å². The van der Waals surface area contributed by atoms with E-state index >= 15 is 0 Å². The number of nitrogens with two attached hydrogens (primary N) is 1. The van der Waals surface area contributed by atoms with Crippen molar-refractivity contribution >= 4 is 10.0 Å². The SMILES string of the molecule is NS(=O)(=O)c1ccc(-c2ccc(-c3ccc(F)c(C4CO4)c3)cc2-c2ccc(F)c(C3CO3)c2)cc1. The van der Waals surface area contributed by atoms with Crippen LogP contribution in [0.1, 0.15) is 23.3 Å². The van der Waals surface area contributed by atoms with Crippen molar-refractivity contribution in [3.63, 3.8) is 0 Å². The van der Waals surface area contributed by atoms with Crippen LogP contribution in [-0.2, 0) is 19.5 Å². The van der Waals surface area contributed by atoms with Crippen molar-refractivity contribution in [1.82, 2.24) is 0 Å². The van der Waals surface area contributed by atoms with E-state index in [4.69, 9.17) is 14.6 Å². The maximum Gasteiger partial charge on any atom is 0.238 e. The summed E-state index contributed by atoms with van der Waals surface area (Å²) in [7, 11) is -3.83. The van der Waals surface area contributed by atoms with Crippen LogP contribution < -0.4 is 5.14 Å². The molecule has 2 saturated heterocycles. The zero-order valence-corrected chi connectivity index (χ0v) is 19.8. The number of primary sulfonamides is 1. The van der Waals surface area contributed by atoms with E-state index in [0.717, 1.165) is 33.4 Å². The molecule has 0 bridgehead atoms. The third-order valence-corrected chi connectivity index (χ3v) is 7.44. The molecule has 8 heteroatoms. The van der Waals surface area contributed by atoms with Crippen LogP contribution >= 0.6 is 0 Å². The van der Waals surface area contributed by atoms with Gasteiger partial charge in [0.2, 0.25) is 10.0 Å². The van der Waals surface area contributed by atoms with Crippen molar-refractivity contribution in [2.45, 2.75) is 17.1 Å². The fourth-order valence-corrected chi connectivity index (χ4v) is 4.94. The lowest BCUT2D eigenvalue weighted by Crippen LogP contribution is -2.11. The van der Waals surface area contributed by atoms with Crippen LogP contribution in [-0.4, -0.2) is 21.6 Å². The van der Waals surface area contributed by atoms with Crippen molar-refractivity contribution in [1.29, 1.82) is 0 Å². The molecule has 0 amide bonds. The number of ether oxygens (including phenoxy) is 2. The highest BCUT2D eigenvalue weighted by molar-refractivity contribution is 7.89. The Kier molecular flexibility index (Phi) is 5.49. The van der Waals surface area contributed by atoms with Crippen LogP contribution in [0.15, 0.2) is 83.8 Å². The van der Waals surface area contributed by atoms with E-state index in [9.17, 15) is 17.2 Å². The first-order chi connectivity index (χ1) is 17.3. The zero-order chi connectivity index (χ0) is 25.0. The summed E-state index contributed by atoms with van der Waals surface area (Å²) >= 11 is 0. The van der Waals surface area contributed by atoms with Crippen LogP contribution in [0.25, 0.3) is 33.4 Å². The van der Waals surface area contributed by atoms with Gasteiger partial charge in [0.05, 0.1) is 18.1 Å². The summed E-state index contributed by atoms with van der Waals surface area (Å²) < 4.78 is 62.8. The van der Waals surface area contributed by atoms with Gasteiger partial charge in [-0.05, 0) is 75.8 Å². The predicted molar refractivity (Wildman–Crippen MR) is 131 cm³/mol. The molecule has 2 atom stereocenters. The number of epoxide rings is 2. The molecule has 6 rings (SSSR count). The minimum Gasteiger partial charge on any atom is -0.368 e. The lowest BCUT2D eigenvalue weighted by atomic mass is 9.89. The minimum atomic E-state index is -3.83. The number of hydrogen-bond donors (Lipinski definition) is 1. The molecule has 2 aliphatic heterocycles. The molecule has 2 unspecified atom stereocenters. The molecule has 182 valence electrons. The molecule has 2 heterocycles. The maximum atomic E-state index is 14.5. The maximum absolute atomic E-state index is 14.5. The Bertz CT molecular complexity index is 1590. The Morgan fingerprint density at radius 1 is 0.639 bits per heavy atom. The largest absolute Gasteiger partial charge is 0.368 e. The van der Waals surface area contributed by atoms with Gasteiger partial charge in [0.25, 0.3) is 0 Å². The van der Waals surface area contributed by atoms with Crippen LogP contribution in [0.2, 0.25) is 0 Å². The van der Waals surface area contributed by atoms with E-state index in [1.807, 2.05) is 18.2 Å². The summed E-state index contributed by atoms with van der Waals surface area (Å²) in [6.07, 6.45) is -0.483. The zero-order valence-electron chi connectivity index (χ0n) is 18.9. The molecule has 0 radical (unpaired) electrons. The summed E-state index contributed by atoms with van der Waals surface area (Å²) in [5.41, 5.74) is 5.87. The van der Waals surface area contributed by atoms with Gasteiger partial charge in [-0.1, -0.05) is 36.4 Å². The van der Waals surface area contributed by atoms with E-state index in [2.05, 4.69) is 0 Å². The summed E-state index contributed by atoms with van der Waals surface area (Å²) in [6.45, 7) is 0.977. The van der Waals surface area contributed by atoms with Gasteiger partial charge in [-0.3, -0.25) is 0 Å². The molecule has 36 heavy (non-hydrogen) atoms. The third kappa shape index (κ3) is 4.44. The molecular formula is C28H21F2NO4S. The van der Waals surface area contributed by atoms with Crippen LogP contribution in [0, 0.1) is 11.6 Å². The topological polar surface area (TPSA) is 85.2 Å². The van der Waals surface area contributed by atoms with E-state index in [1.165, 1.54) is 24.3 Å². The van der Waals surface area contributed by atoms with Crippen LogP contribution in [0.3, 0.4) is 0 Å². The minimum absolute atomic E-state index is 0.0144. The second-order valence-corrected chi connectivity index (χ2v) is 10.5. The van der Waals surface area contributed by atoms with Crippen LogP contribution in [0.4, 0.5) is 8.78 Å². The molecule has 2 fully saturated rings. The molecule has 4 aromatic rings. The highest BCUT2D eigenvalue weighted by atomic mass is 32.2. The lowest BCUT2D eigenvalue weighted by Gasteiger charge is -2.15. The first-order valence-corrected chi connectivity index (χ1v) is 12.9. The molecule has 0 aliphatic carbocycles. The summed E-state index contributed by atoms with van der Waals surface area (Å²) in [5.74, 6) is -0.635. The highest BCUT2D eigenvalue weighted by Crippen LogP contribution is 2.40. The van der Waals surface area contributed by atoms with E-state index in [1.54, 1.807) is 36.4 Å². The van der Waals surface area contributed by atoms with Gasteiger partial charge in [0, 0.05) is 11.1 Å². The molecule has 0 spiro atoms. The Labute approximate surface area is 207 Å². The fraction of sp³-hybridized carbons (Fsp3) is 0.143. The Morgan fingerprint density at radius 2 is 1.11 bits per heavy atom. The summed E-state index contributed by atoms with van der Waals surface area (Å²) in [5, 5.41) is 5.25. The Morgan fingerprint density at radius 3 is 1.67 bits per heavy atom. The van der Waals surface area contributed by atoms with Crippen LogP contribution in [0.5, 0.6) is 0 Å². The summed E-state index contributed by atoms with van der Waals surface area (Å²) in [6, 6.07) is 22.0. The number of benzene rings is 4. The van der Waals surface area contributed by atoms with Crippen molar-refractivity contribution in [2.24, 2.45) is 5.14 Å². The van der Waals surface area contributed by atoms with E-state index < -0.39 is 10.0 Å². The lowest BCUT2D eigenvalue weighted by molar-refractivity contribution is 0.407. The Hall–Kier alpha value is -3.43. The fourth-order valence-electron chi connectivity index (χ4n) is 4.42. The van der Waals surface area contributed by atoms with Gasteiger partial charge < -0.3 is 9.47 Å². The second-order valence-electron chi connectivity index (χ2n) is 8.95. The first-order valence-electron chi connectivity index (χ1n) is 11.4. The molecular weight excluding hydrogens is 484 g/mol. The Balaban J connectivity index is 1.50. The standard InChI is InChI=1S/C28H21F2NO4S/c29-25-9-4-18(12-23(25)27-14-34-27)17-3-8-21(16-1-6-20(7-2-16)36(31,32)33)22(11-17)19-5-10-26(30)24(13-19)28-15-35-28/h1-13,27-28H,14-15H2,(H2,31,32,33). The number of sulfonamides is 1. The van der Waals surface area contributed by atoms with Crippen molar-refractivity contribution in [2.75, 3.05) is 13.2 Å². The monoisotopic (exact) mass is 505 g/mol. The van der Waals surface area contributed by atoms with Gasteiger partial charge in [-0.15, -0.1) is 0 Å². The summed E-state index contributed by atoms with van der Waals surface area (Å²) in [4.78, 5) is 0.0144. The quantitative estimate of drug-likeness (QED) is 0.338. The van der Waals surface area contributed by atoms with Gasteiger partial charge in [-0.2, -0.15) is 0 Å². The van der Waals surface area contributed by atoms with Gasteiger partial charge in [-0.25, -0.2) is 22.3 Å². The van der Waals surface area contributed by atoms with E-state index in [-0.39, 0.29) is 28.7 Å². The molecule has 5 nitrogen and oxygen atoms in total. The van der Waals surface area contributed by atoms with Crippen molar-refractivity contribution in [3.05, 3.63) is 102 Å². The number of hydrogen-bond acceptors (Lipinski definition) is 4. The molecule has 2 aliphatic rings. The third-order valence-electron chi connectivity index (χ3n) is 6.51. The number of halogens is 2. The van der Waals surface area contributed by atoms with Crippen molar-refractivity contribution in [3.8, 4) is 33.4 Å². The molecule has 0 saturated carbocycles. The molecule has 2 N–H and O–H groups in total. The number of rotatable bonds is 6. The highest BCUT2D eigenvalue weighted by Gasteiger charge is 2.29. The van der Waals surface area contributed by atoms with Gasteiger partial charge in [0.1, 0.15) is 23.8 Å². The normalized spacial score (nSPS) is 18.8. The predicted octanol–water partition coefficient (Wildman–Crippen LogP) is 5.76.